The number of nitrogens with zero attached hydrogens (tertiary/aromatic N) is 1. The van der Waals surface area contributed by atoms with Crippen LogP contribution in [0.1, 0.15) is 39.0 Å². The zero-order chi connectivity index (χ0) is 15.7. The van der Waals surface area contributed by atoms with Gasteiger partial charge < -0.3 is 20.1 Å². The smallest absolute Gasteiger partial charge is 0.317 e. The highest BCUT2D eigenvalue weighted by Crippen LogP contribution is 2.21. The van der Waals surface area contributed by atoms with Crippen LogP contribution in [0.15, 0.2) is 0 Å². The Kier molecular flexibility index (Phi) is 7.56. The van der Waals surface area contributed by atoms with Gasteiger partial charge >= 0.3 is 18.0 Å². The molecule has 0 saturated carbocycles. The highest BCUT2D eigenvalue weighted by Gasteiger charge is 2.23. The fourth-order valence-corrected chi connectivity index (χ4v) is 2.37. The van der Waals surface area contributed by atoms with Crippen LogP contribution in [0.2, 0.25) is 0 Å². The first kappa shape index (κ1) is 17.3. The van der Waals surface area contributed by atoms with Crippen molar-refractivity contribution in [3.05, 3.63) is 0 Å². The predicted octanol–water partition coefficient (Wildman–Crippen LogP) is 1.23. The zero-order valence-electron chi connectivity index (χ0n) is 12.5. The Morgan fingerprint density at radius 1 is 1.24 bits per heavy atom. The maximum atomic E-state index is 11.9. The molecular weight excluding hydrogens is 276 g/mol. The first-order valence-corrected chi connectivity index (χ1v) is 7.43. The lowest BCUT2D eigenvalue weighted by Crippen LogP contribution is -2.45. The molecule has 2 N–H and O–H groups in total. The topological polar surface area (TPSA) is 95.9 Å². The zero-order valence-corrected chi connectivity index (χ0v) is 12.5. The number of likely N-dealkylation sites (tertiary alicyclic amines) is 1. The summed E-state index contributed by atoms with van der Waals surface area (Å²) in [6.07, 6.45) is 2.70. The number of hydrogen-bond donors (Lipinski definition) is 2. The van der Waals surface area contributed by atoms with Crippen molar-refractivity contribution in [2.45, 2.75) is 39.0 Å². The van der Waals surface area contributed by atoms with Gasteiger partial charge in [0.2, 0.25) is 0 Å². The van der Waals surface area contributed by atoms with E-state index in [-0.39, 0.29) is 31.4 Å². The van der Waals surface area contributed by atoms with Crippen LogP contribution in [0.3, 0.4) is 0 Å². The average Bonchev–Trinajstić information content (AvgIpc) is 2.45. The van der Waals surface area contributed by atoms with E-state index in [2.05, 4.69) is 5.32 Å². The first-order chi connectivity index (χ1) is 10.0. The third-order valence-electron chi connectivity index (χ3n) is 3.58. The molecule has 0 aromatic carbocycles. The van der Waals surface area contributed by atoms with E-state index in [0.717, 1.165) is 12.8 Å². The van der Waals surface area contributed by atoms with Crippen LogP contribution >= 0.6 is 0 Å². The molecule has 21 heavy (non-hydrogen) atoms. The van der Waals surface area contributed by atoms with Crippen molar-refractivity contribution < 1.29 is 24.2 Å². The summed E-state index contributed by atoms with van der Waals surface area (Å²) >= 11 is 0. The van der Waals surface area contributed by atoms with Crippen LogP contribution in [0.5, 0.6) is 0 Å². The molecule has 0 spiro atoms. The number of carboxylic acids is 1. The molecule has 0 aromatic heterocycles. The van der Waals surface area contributed by atoms with Gasteiger partial charge in [-0.15, -0.1) is 0 Å². The second kappa shape index (κ2) is 9.20. The van der Waals surface area contributed by atoms with Gasteiger partial charge in [-0.05, 0) is 32.1 Å². The molecule has 1 saturated heterocycles. The number of ether oxygens (including phenoxy) is 1. The van der Waals surface area contributed by atoms with E-state index in [1.165, 1.54) is 0 Å². The van der Waals surface area contributed by atoms with Crippen molar-refractivity contribution in [3.8, 4) is 0 Å². The number of amides is 2. The van der Waals surface area contributed by atoms with Crippen LogP contribution < -0.4 is 5.32 Å². The third kappa shape index (κ3) is 6.97. The summed E-state index contributed by atoms with van der Waals surface area (Å²) < 4.78 is 4.78. The van der Waals surface area contributed by atoms with Crippen LogP contribution in [0, 0.1) is 5.92 Å². The lowest BCUT2D eigenvalue weighted by molar-refractivity contribution is -0.143. The molecule has 0 atom stereocenters. The number of esters is 1. The first-order valence-electron chi connectivity index (χ1n) is 7.43. The molecule has 1 heterocycles. The van der Waals surface area contributed by atoms with Crippen molar-refractivity contribution >= 4 is 18.0 Å². The Morgan fingerprint density at radius 3 is 2.48 bits per heavy atom. The summed E-state index contributed by atoms with van der Waals surface area (Å²) in [6.45, 7) is 3.63. The number of aliphatic carboxylic acids is 1. The second-order valence-electron chi connectivity index (χ2n) is 5.15. The normalized spacial score (nSPS) is 15.6. The Hall–Kier alpha value is -1.79. The number of rotatable bonds is 7. The number of carbonyl (C=O) groups is 3. The summed E-state index contributed by atoms with van der Waals surface area (Å²) in [7, 11) is 0. The summed E-state index contributed by atoms with van der Waals surface area (Å²) in [5, 5.41) is 11.4. The van der Waals surface area contributed by atoms with Crippen molar-refractivity contribution in [3.63, 3.8) is 0 Å². The van der Waals surface area contributed by atoms with Crippen LogP contribution in [0.25, 0.3) is 0 Å². The molecule has 0 unspecified atom stereocenters. The van der Waals surface area contributed by atoms with Crippen LogP contribution in [-0.2, 0) is 14.3 Å². The molecule has 7 nitrogen and oxygen atoms in total. The number of carboxylic acid groups (broad SMARTS) is 1. The molecule has 1 rings (SSSR count). The molecule has 2 amide bonds. The third-order valence-corrected chi connectivity index (χ3v) is 3.58. The minimum atomic E-state index is -0.769. The summed E-state index contributed by atoms with van der Waals surface area (Å²) in [4.78, 5) is 35.2. The highest BCUT2D eigenvalue weighted by atomic mass is 16.5. The molecule has 0 aromatic rings. The summed E-state index contributed by atoms with van der Waals surface area (Å²) in [6, 6.07) is -0.170. The monoisotopic (exact) mass is 300 g/mol. The maximum absolute atomic E-state index is 11.9. The Bertz CT molecular complexity index is 364. The van der Waals surface area contributed by atoms with E-state index in [9.17, 15) is 14.4 Å². The van der Waals surface area contributed by atoms with Gasteiger partial charge in [0, 0.05) is 26.1 Å². The molecule has 0 bridgehead atoms. The van der Waals surface area contributed by atoms with Crippen LogP contribution in [-0.4, -0.2) is 54.2 Å². The van der Waals surface area contributed by atoms with E-state index >= 15 is 0 Å². The molecule has 1 aliphatic rings. The van der Waals surface area contributed by atoms with Gasteiger partial charge in [0.05, 0.1) is 13.0 Å². The standard InChI is InChI=1S/C14H24N2O5/c1-2-21-13(19)5-8-15-14(20)16-9-6-11(7-10-16)3-4-12(17)18/h11H,2-10H2,1H3,(H,15,20)(H,17,18). The van der Waals surface area contributed by atoms with Gasteiger partial charge in [0.1, 0.15) is 0 Å². The number of urea groups is 1. The van der Waals surface area contributed by atoms with Crippen LogP contribution in [0.4, 0.5) is 4.79 Å². The fraction of sp³-hybridized carbons (Fsp3) is 0.786. The maximum Gasteiger partial charge on any atom is 0.317 e. The van der Waals surface area contributed by atoms with E-state index in [1.54, 1.807) is 11.8 Å². The fourth-order valence-electron chi connectivity index (χ4n) is 2.37. The lowest BCUT2D eigenvalue weighted by atomic mass is 9.92. The number of piperidine rings is 1. The largest absolute Gasteiger partial charge is 0.481 e. The second-order valence-corrected chi connectivity index (χ2v) is 5.15. The molecular formula is C14H24N2O5. The molecule has 120 valence electrons. The van der Waals surface area contributed by atoms with E-state index in [1.807, 2.05) is 0 Å². The van der Waals surface area contributed by atoms with Gasteiger partial charge in [0.25, 0.3) is 0 Å². The lowest BCUT2D eigenvalue weighted by Gasteiger charge is -2.31. The number of carbonyl (C=O) groups excluding carboxylic acids is 2. The SMILES string of the molecule is CCOC(=O)CCNC(=O)N1CCC(CCC(=O)O)CC1. The quantitative estimate of drug-likeness (QED) is 0.689. The van der Waals surface area contributed by atoms with Crippen molar-refractivity contribution in [1.82, 2.24) is 10.2 Å². The van der Waals surface area contributed by atoms with E-state index < -0.39 is 5.97 Å². The van der Waals surface area contributed by atoms with Gasteiger partial charge in [-0.25, -0.2) is 4.79 Å². The molecule has 0 radical (unpaired) electrons. The van der Waals surface area contributed by atoms with Gasteiger partial charge in [-0.2, -0.15) is 0 Å². The summed E-state index contributed by atoms with van der Waals surface area (Å²) in [5.74, 6) is -0.705. The van der Waals surface area contributed by atoms with Crippen molar-refractivity contribution in [2.24, 2.45) is 5.92 Å². The minimum absolute atomic E-state index is 0.170. The predicted molar refractivity (Wildman–Crippen MR) is 75.8 cm³/mol. The van der Waals surface area contributed by atoms with E-state index in [4.69, 9.17) is 9.84 Å². The van der Waals surface area contributed by atoms with Crippen molar-refractivity contribution in [1.29, 1.82) is 0 Å². The van der Waals surface area contributed by atoms with Crippen molar-refractivity contribution in [2.75, 3.05) is 26.2 Å². The van der Waals surface area contributed by atoms with E-state index in [0.29, 0.717) is 32.0 Å². The molecule has 7 heteroatoms. The summed E-state index contributed by atoms with van der Waals surface area (Å²) in [5.41, 5.74) is 0. The number of nitrogens with one attached hydrogen (secondary N) is 1. The molecule has 0 aliphatic carbocycles. The average molecular weight is 300 g/mol. The molecule has 1 aliphatic heterocycles. The van der Waals surface area contributed by atoms with Gasteiger partial charge in [0.15, 0.2) is 0 Å². The van der Waals surface area contributed by atoms with Gasteiger partial charge in [-0.3, -0.25) is 9.59 Å². The Morgan fingerprint density at radius 2 is 1.90 bits per heavy atom. The number of hydrogen-bond acceptors (Lipinski definition) is 4. The Labute approximate surface area is 124 Å². The Balaban J connectivity index is 2.16. The minimum Gasteiger partial charge on any atom is -0.481 e. The molecule has 1 fully saturated rings. The highest BCUT2D eigenvalue weighted by molar-refractivity contribution is 5.75. The van der Waals surface area contributed by atoms with Gasteiger partial charge in [-0.1, -0.05) is 0 Å².